The van der Waals surface area contributed by atoms with Crippen molar-refractivity contribution >= 4 is 0 Å². The van der Waals surface area contributed by atoms with E-state index in [0.29, 0.717) is 13.0 Å². The maximum absolute atomic E-state index is 8.97. The molecular weight excluding hydrogens is 122 g/mol. The largest absolute Gasteiger partial charge is 0.389 e. The van der Waals surface area contributed by atoms with Gasteiger partial charge >= 0.3 is 0 Å². The molecule has 54 valence electrons. The molecule has 0 aromatic rings. The van der Waals surface area contributed by atoms with Crippen molar-refractivity contribution in [1.29, 1.82) is 0 Å². The first-order valence-electron chi connectivity index (χ1n) is 2.96. The lowest BCUT2D eigenvalue weighted by Crippen LogP contribution is -2.35. The average Bonchev–Trinajstić information content (AvgIpc) is 2.15. The lowest BCUT2D eigenvalue weighted by molar-refractivity contribution is -0.0653. The Morgan fingerprint density at radius 1 is 1.44 bits per heavy atom. The summed E-state index contributed by atoms with van der Waals surface area (Å²) in [6.07, 6.45) is -1.01. The van der Waals surface area contributed by atoms with Crippen LogP contribution in [-0.2, 0) is 0 Å². The second-order valence-corrected chi connectivity index (χ2v) is 2.22. The van der Waals surface area contributed by atoms with E-state index in [0.717, 1.165) is 0 Å². The van der Waals surface area contributed by atoms with E-state index in [9.17, 15) is 0 Å². The molecule has 4 heteroatoms. The first kappa shape index (κ1) is 6.95. The number of nitrogens with zero attached hydrogens (tertiary/aromatic N) is 1. The zero-order valence-corrected chi connectivity index (χ0v) is 5.06. The van der Waals surface area contributed by atoms with Gasteiger partial charge in [-0.25, -0.2) is 0 Å². The average molecular weight is 133 g/mol. The van der Waals surface area contributed by atoms with Gasteiger partial charge in [0.25, 0.3) is 0 Å². The number of likely N-dealkylation sites (tertiary alicyclic amines) is 1. The molecular formula is C5H11NO3. The third-order valence-corrected chi connectivity index (χ3v) is 1.61. The highest BCUT2D eigenvalue weighted by molar-refractivity contribution is 4.76. The summed E-state index contributed by atoms with van der Waals surface area (Å²) in [6.45, 7) is 0.386. The van der Waals surface area contributed by atoms with Crippen molar-refractivity contribution in [3.05, 3.63) is 0 Å². The van der Waals surface area contributed by atoms with Gasteiger partial charge in [0.2, 0.25) is 0 Å². The molecule has 0 spiro atoms. The molecule has 1 rings (SSSR count). The summed E-state index contributed by atoms with van der Waals surface area (Å²) >= 11 is 0. The van der Waals surface area contributed by atoms with Crippen LogP contribution in [0.4, 0.5) is 0 Å². The first-order chi connectivity index (χ1) is 4.25. The second kappa shape index (κ2) is 2.62. The van der Waals surface area contributed by atoms with Gasteiger partial charge in [-0.05, 0) is 6.42 Å². The predicted molar refractivity (Wildman–Crippen MR) is 30.4 cm³/mol. The Morgan fingerprint density at radius 3 is 2.33 bits per heavy atom. The standard InChI is InChI=1S/C5H11NO3/c7-3-6-2-1-4(8)5(6)9/h4-5,7-9H,1-3H2. The van der Waals surface area contributed by atoms with Crippen LogP contribution >= 0.6 is 0 Å². The van der Waals surface area contributed by atoms with E-state index in [1.807, 2.05) is 0 Å². The minimum absolute atomic E-state index is 0.182. The maximum Gasteiger partial charge on any atom is 0.135 e. The van der Waals surface area contributed by atoms with Crippen LogP contribution < -0.4 is 0 Å². The molecule has 0 aliphatic carbocycles. The van der Waals surface area contributed by atoms with Crippen LogP contribution in [0, 0.1) is 0 Å². The number of hydrogen-bond acceptors (Lipinski definition) is 4. The van der Waals surface area contributed by atoms with Crippen LogP contribution in [0.5, 0.6) is 0 Å². The van der Waals surface area contributed by atoms with Gasteiger partial charge in [0.05, 0.1) is 12.8 Å². The summed E-state index contributed by atoms with van der Waals surface area (Å²) in [7, 11) is 0. The highest BCUT2D eigenvalue weighted by Crippen LogP contribution is 2.13. The van der Waals surface area contributed by atoms with Gasteiger partial charge in [0.15, 0.2) is 0 Å². The van der Waals surface area contributed by atoms with Gasteiger partial charge in [0, 0.05) is 6.54 Å². The Kier molecular flexibility index (Phi) is 2.02. The molecule has 1 aliphatic heterocycles. The second-order valence-electron chi connectivity index (χ2n) is 2.22. The Hall–Kier alpha value is -0.160. The van der Waals surface area contributed by atoms with Crippen LogP contribution in [0.1, 0.15) is 6.42 Å². The van der Waals surface area contributed by atoms with E-state index in [1.165, 1.54) is 4.90 Å². The van der Waals surface area contributed by atoms with Crippen LogP contribution in [0.2, 0.25) is 0 Å². The molecule has 1 saturated heterocycles. The molecule has 0 radical (unpaired) electrons. The molecule has 2 unspecified atom stereocenters. The fourth-order valence-corrected chi connectivity index (χ4v) is 0.977. The Bertz CT molecular complexity index is 98.2. The maximum atomic E-state index is 8.97. The van der Waals surface area contributed by atoms with E-state index < -0.39 is 12.3 Å². The smallest absolute Gasteiger partial charge is 0.135 e. The third-order valence-electron chi connectivity index (χ3n) is 1.61. The Balaban J connectivity index is 2.41. The Labute approximate surface area is 53.3 Å². The fourth-order valence-electron chi connectivity index (χ4n) is 0.977. The molecule has 0 aromatic carbocycles. The summed E-state index contributed by atoms with van der Waals surface area (Å²) in [6, 6.07) is 0. The number of hydrogen-bond donors (Lipinski definition) is 3. The number of rotatable bonds is 1. The van der Waals surface area contributed by atoms with Crippen LogP contribution in [0.15, 0.2) is 0 Å². The molecule has 1 aliphatic rings. The minimum Gasteiger partial charge on any atom is -0.389 e. The summed E-state index contributed by atoms with van der Waals surface area (Å²) < 4.78 is 0. The quantitative estimate of drug-likeness (QED) is 0.400. The Morgan fingerprint density at radius 2 is 2.11 bits per heavy atom. The summed E-state index contributed by atoms with van der Waals surface area (Å²) in [5, 5.41) is 26.4. The van der Waals surface area contributed by atoms with E-state index in [-0.39, 0.29) is 6.73 Å². The number of aliphatic hydroxyl groups is 3. The van der Waals surface area contributed by atoms with Gasteiger partial charge in [0.1, 0.15) is 6.23 Å². The summed E-state index contributed by atoms with van der Waals surface area (Å²) in [4.78, 5) is 1.41. The van der Waals surface area contributed by atoms with Crippen LogP contribution in [-0.4, -0.2) is 45.8 Å². The topological polar surface area (TPSA) is 63.9 Å². The highest BCUT2D eigenvalue weighted by Gasteiger charge is 2.29. The lowest BCUT2D eigenvalue weighted by atomic mass is 10.3. The van der Waals surface area contributed by atoms with Gasteiger partial charge in [-0.2, -0.15) is 0 Å². The molecule has 0 amide bonds. The van der Waals surface area contributed by atoms with Crippen molar-refractivity contribution in [2.75, 3.05) is 13.3 Å². The zero-order valence-electron chi connectivity index (χ0n) is 5.06. The van der Waals surface area contributed by atoms with E-state index in [2.05, 4.69) is 0 Å². The van der Waals surface area contributed by atoms with Gasteiger partial charge in [-0.15, -0.1) is 0 Å². The summed E-state index contributed by atoms with van der Waals surface area (Å²) in [5.41, 5.74) is 0. The van der Waals surface area contributed by atoms with Crippen molar-refractivity contribution in [2.24, 2.45) is 0 Å². The molecule has 2 atom stereocenters. The normalized spacial score (nSPS) is 37.7. The molecule has 4 nitrogen and oxygen atoms in total. The van der Waals surface area contributed by atoms with Crippen molar-refractivity contribution in [1.82, 2.24) is 4.90 Å². The fraction of sp³-hybridized carbons (Fsp3) is 1.00. The lowest BCUT2D eigenvalue weighted by Gasteiger charge is -2.17. The third kappa shape index (κ3) is 1.21. The molecule has 3 N–H and O–H groups in total. The van der Waals surface area contributed by atoms with E-state index in [4.69, 9.17) is 15.3 Å². The van der Waals surface area contributed by atoms with Gasteiger partial charge in [-0.1, -0.05) is 0 Å². The monoisotopic (exact) mass is 133 g/mol. The molecule has 1 fully saturated rings. The molecule has 0 saturated carbocycles. The zero-order chi connectivity index (χ0) is 6.85. The van der Waals surface area contributed by atoms with Gasteiger partial charge in [-0.3, -0.25) is 4.90 Å². The van der Waals surface area contributed by atoms with E-state index >= 15 is 0 Å². The molecule has 9 heavy (non-hydrogen) atoms. The molecule has 0 aromatic heterocycles. The van der Waals surface area contributed by atoms with Crippen molar-refractivity contribution in [2.45, 2.75) is 18.8 Å². The van der Waals surface area contributed by atoms with Crippen LogP contribution in [0.3, 0.4) is 0 Å². The van der Waals surface area contributed by atoms with Crippen molar-refractivity contribution in [3.63, 3.8) is 0 Å². The van der Waals surface area contributed by atoms with Crippen molar-refractivity contribution < 1.29 is 15.3 Å². The van der Waals surface area contributed by atoms with Crippen LogP contribution in [0.25, 0.3) is 0 Å². The van der Waals surface area contributed by atoms with E-state index in [1.54, 1.807) is 0 Å². The highest BCUT2D eigenvalue weighted by atomic mass is 16.4. The predicted octanol–water partition coefficient (Wildman–Crippen LogP) is -1.68. The first-order valence-corrected chi connectivity index (χ1v) is 2.96. The minimum atomic E-state index is -0.866. The van der Waals surface area contributed by atoms with Crippen molar-refractivity contribution in [3.8, 4) is 0 Å². The number of aliphatic hydroxyl groups excluding tert-OH is 3. The molecule has 0 bridgehead atoms. The molecule has 1 heterocycles. The van der Waals surface area contributed by atoms with Gasteiger partial charge < -0.3 is 15.3 Å². The SMILES string of the molecule is OCN1CCC(O)C1O. The summed E-state index contributed by atoms with van der Waals surface area (Å²) in [5.74, 6) is 0.